The maximum absolute atomic E-state index is 12.4. The highest BCUT2D eigenvalue weighted by Crippen LogP contribution is 2.15. The number of nitrogens with one attached hydrogen (secondary N) is 1. The van der Waals surface area contributed by atoms with Crippen molar-refractivity contribution >= 4 is 5.91 Å². The van der Waals surface area contributed by atoms with Gasteiger partial charge in [0, 0.05) is 6.42 Å². The summed E-state index contributed by atoms with van der Waals surface area (Å²) in [5.41, 5.74) is 0. The molecular formula is C56H97NO3. The van der Waals surface area contributed by atoms with Gasteiger partial charge in [-0.25, -0.2) is 0 Å². The zero-order valence-electron chi connectivity index (χ0n) is 39.4. The second-order valence-corrected chi connectivity index (χ2v) is 16.9. The Balaban J connectivity index is 3.58. The van der Waals surface area contributed by atoms with E-state index in [0.29, 0.717) is 6.42 Å². The van der Waals surface area contributed by atoms with Crippen molar-refractivity contribution in [2.45, 2.75) is 244 Å². The van der Waals surface area contributed by atoms with Crippen LogP contribution in [0.4, 0.5) is 0 Å². The lowest BCUT2D eigenvalue weighted by Crippen LogP contribution is -2.45. The molecule has 0 bridgehead atoms. The zero-order chi connectivity index (χ0) is 43.5. The number of aliphatic hydroxyl groups excluding tert-OH is 2. The number of carbonyl (C=O) groups is 1. The fourth-order valence-corrected chi connectivity index (χ4v) is 7.22. The summed E-state index contributed by atoms with van der Waals surface area (Å²) in [6.45, 7) is 4.19. The van der Waals surface area contributed by atoms with Gasteiger partial charge in [0.05, 0.1) is 18.8 Å². The monoisotopic (exact) mass is 832 g/mol. The van der Waals surface area contributed by atoms with E-state index in [9.17, 15) is 15.0 Å². The lowest BCUT2D eigenvalue weighted by molar-refractivity contribution is -0.123. The Morgan fingerprint density at radius 3 is 1.10 bits per heavy atom. The van der Waals surface area contributed by atoms with E-state index in [2.05, 4.69) is 104 Å². The van der Waals surface area contributed by atoms with Crippen molar-refractivity contribution < 1.29 is 15.0 Å². The Labute approximate surface area is 373 Å². The van der Waals surface area contributed by atoms with Gasteiger partial charge in [-0.05, 0) is 77.0 Å². The average molecular weight is 832 g/mol. The van der Waals surface area contributed by atoms with Crippen molar-refractivity contribution in [1.29, 1.82) is 0 Å². The molecule has 0 aliphatic heterocycles. The molecule has 1 amide bonds. The molecule has 0 aliphatic rings. The molecule has 0 rings (SSSR count). The number of carbonyl (C=O) groups excluding carboxylic acids is 1. The van der Waals surface area contributed by atoms with Gasteiger partial charge in [-0.15, -0.1) is 0 Å². The lowest BCUT2D eigenvalue weighted by atomic mass is 10.0. The van der Waals surface area contributed by atoms with Gasteiger partial charge in [-0.1, -0.05) is 246 Å². The van der Waals surface area contributed by atoms with E-state index < -0.39 is 12.1 Å². The van der Waals surface area contributed by atoms with Crippen molar-refractivity contribution in [3.05, 3.63) is 97.2 Å². The number of hydrogen-bond donors (Lipinski definition) is 3. The summed E-state index contributed by atoms with van der Waals surface area (Å²) in [6, 6.07) is -0.629. The molecule has 0 aromatic heterocycles. The molecule has 2 atom stereocenters. The predicted octanol–water partition coefficient (Wildman–Crippen LogP) is 16.6. The minimum atomic E-state index is -0.845. The fraction of sp³-hybridized carbons (Fsp3) is 0.696. The average Bonchev–Trinajstić information content (AvgIpc) is 3.25. The molecular weight excluding hydrogens is 735 g/mol. The van der Waals surface area contributed by atoms with E-state index in [-0.39, 0.29) is 12.5 Å². The Morgan fingerprint density at radius 1 is 0.417 bits per heavy atom. The molecule has 3 N–H and O–H groups in total. The summed E-state index contributed by atoms with van der Waals surface area (Å²) in [7, 11) is 0. The van der Waals surface area contributed by atoms with Gasteiger partial charge in [0.2, 0.25) is 5.91 Å². The molecule has 0 saturated heterocycles. The van der Waals surface area contributed by atoms with Crippen LogP contribution in [0.15, 0.2) is 97.2 Å². The maximum atomic E-state index is 12.4. The van der Waals surface area contributed by atoms with Crippen molar-refractivity contribution in [2.75, 3.05) is 6.61 Å². The molecule has 0 aromatic carbocycles. The van der Waals surface area contributed by atoms with E-state index in [4.69, 9.17) is 0 Å². The first-order chi connectivity index (χ1) is 29.7. The normalized spacial score (nSPS) is 13.7. The van der Waals surface area contributed by atoms with E-state index >= 15 is 0 Å². The Kier molecular flexibility index (Phi) is 48.4. The van der Waals surface area contributed by atoms with E-state index in [1.807, 2.05) is 6.08 Å². The second-order valence-electron chi connectivity index (χ2n) is 16.9. The molecule has 0 radical (unpaired) electrons. The smallest absolute Gasteiger partial charge is 0.220 e. The topological polar surface area (TPSA) is 69.6 Å². The van der Waals surface area contributed by atoms with Crippen LogP contribution in [0.3, 0.4) is 0 Å². The summed E-state index contributed by atoms with van der Waals surface area (Å²) in [5.74, 6) is -0.0710. The van der Waals surface area contributed by atoms with E-state index in [1.54, 1.807) is 6.08 Å². The van der Waals surface area contributed by atoms with Crippen molar-refractivity contribution in [3.8, 4) is 0 Å². The number of rotatable bonds is 45. The Bertz CT molecular complexity index is 1130. The van der Waals surface area contributed by atoms with Gasteiger partial charge >= 0.3 is 0 Å². The van der Waals surface area contributed by atoms with Crippen LogP contribution < -0.4 is 5.32 Å². The molecule has 344 valence electrons. The van der Waals surface area contributed by atoms with Crippen molar-refractivity contribution in [1.82, 2.24) is 5.32 Å². The van der Waals surface area contributed by atoms with E-state index in [0.717, 1.165) is 70.6 Å². The quantitative estimate of drug-likeness (QED) is 0.0423. The van der Waals surface area contributed by atoms with Crippen LogP contribution in [-0.2, 0) is 4.79 Å². The molecule has 0 spiro atoms. The summed E-state index contributed by atoms with van der Waals surface area (Å²) >= 11 is 0. The van der Waals surface area contributed by atoms with Crippen molar-refractivity contribution in [3.63, 3.8) is 0 Å². The first-order valence-electron chi connectivity index (χ1n) is 25.5. The van der Waals surface area contributed by atoms with Gasteiger partial charge in [0.15, 0.2) is 0 Å². The van der Waals surface area contributed by atoms with Crippen molar-refractivity contribution in [2.24, 2.45) is 0 Å². The third-order valence-electron chi connectivity index (χ3n) is 11.1. The summed E-state index contributed by atoms with van der Waals surface area (Å²) < 4.78 is 0. The zero-order valence-corrected chi connectivity index (χ0v) is 39.4. The third-order valence-corrected chi connectivity index (χ3v) is 11.1. The Morgan fingerprint density at radius 2 is 0.733 bits per heavy atom. The molecule has 0 aliphatic carbocycles. The maximum Gasteiger partial charge on any atom is 0.220 e. The molecule has 2 unspecified atom stereocenters. The van der Waals surface area contributed by atoms with Crippen LogP contribution in [0.1, 0.15) is 232 Å². The largest absolute Gasteiger partial charge is 0.394 e. The Hall–Kier alpha value is -2.69. The van der Waals surface area contributed by atoms with Crippen LogP contribution in [0.5, 0.6) is 0 Å². The second kappa shape index (κ2) is 50.7. The lowest BCUT2D eigenvalue weighted by Gasteiger charge is -2.20. The van der Waals surface area contributed by atoms with Gasteiger partial charge in [0.25, 0.3) is 0 Å². The molecule has 4 heteroatoms. The van der Waals surface area contributed by atoms with E-state index in [1.165, 1.54) is 141 Å². The number of allylic oxidation sites excluding steroid dienone is 15. The molecule has 60 heavy (non-hydrogen) atoms. The number of unbranched alkanes of at least 4 members (excludes halogenated alkanes) is 24. The minimum Gasteiger partial charge on any atom is -0.394 e. The number of amides is 1. The van der Waals surface area contributed by atoms with Gasteiger partial charge in [-0.3, -0.25) is 4.79 Å². The molecule has 0 aromatic rings. The molecule has 0 saturated carbocycles. The highest BCUT2D eigenvalue weighted by molar-refractivity contribution is 5.76. The molecule has 0 fully saturated rings. The highest BCUT2D eigenvalue weighted by Gasteiger charge is 2.17. The van der Waals surface area contributed by atoms with Gasteiger partial charge in [-0.2, -0.15) is 0 Å². The number of hydrogen-bond acceptors (Lipinski definition) is 3. The van der Waals surface area contributed by atoms with Crippen LogP contribution in [-0.4, -0.2) is 34.9 Å². The standard InChI is InChI=1S/C56H97NO3/c1-3-5-7-9-11-13-15-17-19-20-21-22-23-24-25-26-27-28-29-30-31-32-33-34-35-36-38-40-42-44-46-48-50-52-56(60)57-54(53-58)55(59)51-49-47-45-43-41-39-37-18-16-14-12-10-8-6-4-2/h5,7,11,13,17,19,21-22,24-25,27-28,30-31,49,51,54-55,58-59H,3-4,6,8-10,12,14-16,18,20,23,26,29,32-48,50,52-53H2,1-2H3,(H,57,60)/b7-5-,13-11-,19-17-,22-21-,25-24-,28-27-,31-30-,51-49+. The summed E-state index contributed by atoms with van der Waals surface area (Å²) in [4.78, 5) is 12.4. The third kappa shape index (κ3) is 46.4. The first-order valence-corrected chi connectivity index (χ1v) is 25.5. The SMILES string of the molecule is CC/C=C\C/C=C\C/C=C\C/C=C\C/C=C\C/C=C\C/C=C\CCCCCCCCCCCCCC(=O)NC(CO)C(O)/C=C/CCCCCCCCCCCCCCC. The predicted molar refractivity (Wildman–Crippen MR) is 266 cm³/mol. The van der Waals surface area contributed by atoms with Crippen LogP contribution in [0.25, 0.3) is 0 Å². The molecule has 0 heterocycles. The summed E-state index contributed by atoms with van der Waals surface area (Å²) in [5, 5.41) is 23.1. The first kappa shape index (κ1) is 57.3. The highest BCUT2D eigenvalue weighted by atomic mass is 16.3. The summed E-state index contributed by atoms with van der Waals surface area (Å²) in [6.07, 6.45) is 75.3. The van der Waals surface area contributed by atoms with Crippen LogP contribution >= 0.6 is 0 Å². The van der Waals surface area contributed by atoms with Crippen LogP contribution in [0, 0.1) is 0 Å². The molecule has 4 nitrogen and oxygen atoms in total. The fourth-order valence-electron chi connectivity index (χ4n) is 7.22. The number of aliphatic hydroxyl groups is 2. The van der Waals surface area contributed by atoms with Gasteiger partial charge in [0.1, 0.15) is 0 Å². The van der Waals surface area contributed by atoms with Crippen LogP contribution in [0.2, 0.25) is 0 Å². The van der Waals surface area contributed by atoms with Gasteiger partial charge < -0.3 is 15.5 Å². The minimum absolute atomic E-state index is 0.0710.